The Labute approximate surface area is 144 Å². The zero-order valence-corrected chi connectivity index (χ0v) is 14.8. The van der Waals surface area contributed by atoms with Crippen molar-refractivity contribution >= 4 is 6.21 Å². The van der Waals surface area contributed by atoms with Gasteiger partial charge in [0.15, 0.2) is 0 Å². The van der Waals surface area contributed by atoms with E-state index in [1.807, 2.05) is 0 Å². The smallest absolute Gasteiger partial charge is 0.109 e. The fourth-order valence-corrected chi connectivity index (χ4v) is 4.95. The second kappa shape index (κ2) is 6.65. The molecule has 0 amide bonds. The molecular weight excluding hydrogens is 302 g/mol. The van der Waals surface area contributed by atoms with Crippen LogP contribution in [0.4, 0.5) is 0 Å². The van der Waals surface area contributed by atoms with Crippen LogP contribution < -0.4 is 16.0 Å². The van der Waals surface area contributed by atoms with Gasteiger partial charge in [-0.3, -0.25) is 15.2 Å². The van der Waals surface area contributed by atoms with Crippen LogP contribution in [0.1, 0.15) is 33.1 Å². The molecule has 6 heteroatoms. The topological polar surface area (TPSA) is 71.9 Å². The maximum atomic E-state index is 10.4. The lowest BCUT2D eigenvalue weighted by atomic mass is 9.78. The third-order valence-electron chi connectivity index (χ3n) is 6.06. The average molecular weight is 333 g/mol. The molecule has 0 radical (unpaired) electrons. The Bertz CT molecular complexity index is 532. The molecule has 4 heterocycles. The molecule has 0 aliphatic carbocycles. The SMILES string of the molecule is CC(C)N[C@@H](O)C1CCN([C@@H]2CC=N[C@@H]3CNC4=C(CCN4)C23)C1. The Balaban J connectivity index is 1.48. The van der Waals surface area contributed by atoms with Crippen LogP contribution >= 0.6 is 0 Å². The molecule has 5 atom stereocenters. The van der Waals surface area contributed by atoms with E-state index in [1.54, 1.807) is 5.57 Å². The van der Waals surface area contributed by atoms with Gasteiger partial charge in [-0.15, -0.1) is 0 Å². The Hall–Kier alpha value is -1.11. The maximum Gasteiger partial charge on any atom is 0.109 e. The lowest BCUT2D eigenvalue weighted by molar-refractivity contribution is 0.0634. The van der Waals surface area contributed by atoms with Crippen molar-refractivity contribution in [3.8, 4) is 0 Å². The van der Waals surface area contributed by atoms with Crippen LogP contribution in [0, 0.1) is 11.8 Å². The molecule has 0 aromatic carbocycles. The van der Waals surface area contributed by atoms with Crippen LogP contribution in [0.25, 0.3) is 0 Å². The van der Waals surface area contributed by atoms with Gasteiger partial charge in [-0.25, -0.2) is 0 Å². The number of nitrogens with zero attached hydrogens (tertiary/aromatic N) is 2. The monoisotopic (exact) mass is 333 g/mol. The molecule has 1 saturated heterocycles. The van der Waals surface area contributed by atoms with Gasteiger partial charge in [-0.1, -0.05) is 0 Å². The first-order valence-electron chi connectivity index (χ1n) is 9.54. The highest BCUT2D eigenvalue weighted by Crippen LogP contribution is 2.38. The predicted octanol–water partition coefficient (Wildman–Crippen LogP) is 0.261. The minimum absolute atomic E-state index is 0.321. The molecule has 4 aliphatic heterocycles. The van der Waals surface area contributed by atoms with E-state index >= 15 is 0 Å². The second-order valence-electron chi connectivity index (χ2n) is 8.00. The molecule has 4 rings (SSSR count). The van der Waals surface area contributed by atoms with Crippen molar-refractivity contribution in [1.82, 2.24) is 20.9 Å². The normalized spacial score (nSPS) is 37.2. The molecule has 6 nitrogen and oxygen atoms in total. The molecule has 4 aliphatic rings. The van der Waals surface area contributed by atoms with Crippen LogP contribution in [0.3, 0.4) is 0 Å². The number of hydrogen-bond donors (Lipinski definition) is 4. The fourth-order valence-electron chi connectivity index (χ4n) is 4.95. The minimum Gasteiger partial charge on any atom is -0.378 e. The number of rotatable bonds is 4. The van der Waals surface area contributed by atoms with Crippen molar-refractivity contribution in [2.45, 2.75) is 57.5 Å². The summed E-state index contributed by atoms with van der Waals surface area (Å²) in [5.74, 6) is 2.15. The quantitative estimate of drug-likeness (QED) is 0.556. The van der Waals surface area contributed by atoms with E-state index in [0.717, 1.165) is 45.4 Å². The summed E-state index contributed by atoms with van der Waals surface area (Å²) >= 11 is 0. The number of hydrogen-bond acceptors (Lipinski definition) is 6. The zero-order chi connectivity index (χ0) is 16.7. The molecule has 0 aromatic rings. The summed E-state index contributed by atoms with van der Waals surface area (Å²) in [7, 11) is 0. The highest BCUT2D eigenvalue weighted by atomic mass is 16.3. The summed E-state index contributed by atoms with van der Waals surface area (Å²) in [5.41, 5.74) is 1.55. The molecule has 0 saturated carbocycles. The van der Waals surface area contributed by atoms with Gasteiger partial charge >= 0.3 is 0 Å². The van der Waals surface area contributed by atoms with Gasteiger partial charge in [-0.2, -0.15) is 0 Å². The van der Waals surface area contributed by atoms with E-state index in [2.05, 4.69) is 40.9 Å². The third-order valence-corrected chi connectivity index (χ3v) is 6.06. The second-order valence-corrected chi connectivity index (χ2v) is 8.00. The highest BCUT2D eigenvalue weighted by Gasteiger charge is 2.44. The van der Waals surface area contributed by atoms with E-state index in [4.69, 9.17) is 4.99 Å². The number of aliphatic hydroxyl groups excluding tert-OH is 1. The number of fused-ring (bicyclic) bond motifs is 2. The number of nitrogens with one attached hydrogen (secondary N) is 3. The van der Waals surface area contributed by atoms with Gasteiger partial charge in [0.2, 0.25) is 0 Å². The first kappa shape index (κ1) is 16.4. The Morgan fingerprint density at radius 3 is 3.08 bits per heavy atom. The minimum atomic E-state index is -0.390. The molecule has 134 valence electrons. The van der Waals surface area contributed by atoms with Crippen LogP contribution in [-0.4, -0.2) is 66.8 Å². The van der Waals surface area contributed by atoms with Gasteiger partial charge in [0.1, 0.15) is 6.23 Å². The van der Waals surface area contributed by atoms with Crippen molar-refractivity contribution in [2.24, 2.45) is 16.8 Å². The molecule has 0 bridgehead atoms. The van der Waals surface area contributed by atoms with Gasteiger partial charge in [0, 0.05) is 49.8 Å². The van der Waals surface area contributed by atoms with E-state index < -0.39 is 0 Å². The van der Waals surface area contributed by atoms with Crippen molar-refractivity contribution in [1.29, 1.82) is 0 Å². The summed E-state index contributed by atoms with van der Waals surface area (Å²) in [6.07, 6.45) is 5.01. The third kappa shape index (κ3) is 2.95. The molecule has 24 heavy (non-hydrogen) atoms. The van der Waals surface area contributed by atoms with Crippen LogP contribution in [0.2, 0.25) is 0 Å². The Morgan fingerprint density at radius 1 is 1.38 bits per heavy atom. The predicted molar refractivity (Wildman–Crippen MR) is 95.8 cm³/mol. The van der Waals surface area contributed by atoms with Crippen molar-refractivity contribution in [3.05, 3.63) is 11.4 Å². The summed E-state index contributed by atoms with van der Waals surface area (Å²) in [6.45, 7) is 8.26. The van der Waals surface area contributed by atoms with E-state index in [0.29, 0.717) is 30.0 Å². The largest absolute Gasteiger partial charge is 0.378 e. The number of aliphatic hydroxyl groups is 1. The summed E-state index contributed by atoms with van der Waals surface area (Å²) in [6, 6.07) is 1.23. The van der Waals surface area contributed by atoms with E-state index in [9.17, 15) is 5.11 Å². The van der Waals surface area contributed by atoms with Crippen molar-refractivity contribution in [3.63, 3.8) is 0 Å². The van der Waals surface area contributed by atoms with E-state index in [-0.39, 0.29) is 6.23 Å². The molecule has 4 N–H and O–H groups in total. The molecule has 0 aromatic heterocycles. The van der Waals surface area contributed by atoms with Crippen molar-refractivity contribution < 1.29 is 5.11 Å². The van der Waals surface area contributed by atoms with Crippen LogP contribution in [0.15, 0.2) is 16.4 Å². The lowest BCUT2D eigenvalue weighted by Gasteiger charge is -2.43. The first-order chi connectivity index (χ1) is 11.6. The first-order valence-corrected chi connectivity index (χ1v) is 9.54. The van der Waals surface area contributed by atoms with Gasteiger partial charge in [-0.05, 0) is 45.2 Å². The average Bonchev–Trinajstić information content (AvgIpc) is 3.22. The van der Waals surface area contributed by atoms with Crippen LogP contribution in [-0.2, 0) is 0 Å². The van der Waals surface area contributed by atoms with Gasteiger partial charge in [0.05, 0.1) is 11.9 Å². The maximum absolute atomic E-state index is 10.4. The Kier molecular flexibility index (Phi) is 4.54. The molecule has 1 fully saturated rings. The zero-order valence-electron chi connectivity index (χ0n) is 14.8. The molecule has 2 unspecified atom stereocenters. The standard InChI is InChI=1S/C18H31N5O/c1-11(2)22-18(24)12-5-8-23(10-12)15-4-7-19-14-9-21-17-13(16(14)15)3-6-20-17/h7,11-12,14-16,18,20-22,24H,3-6,8-10H2,1-2H3/t12?,14-,15-,16?,18+/m1/s1. The fraction of sp³-hybridized carbons (Fsp3) is 0.833. The number of aliphatic imine (C=N–C) groups is 1. The highest BCUT2D eigenvalue weighted by molar-refractivity contribution is 5.61. The Morgan fingerprint density at radius 2 is 2.25 bits per heavy atom. The summed E-state index contributed by atoms with van der Waals surface area (Å²) in [4.78, 5) is 7.41. The van der Waals surface area contributed by atoms with Gasteiger partial charge in [0.25, 0.3) is 0 Å². The van der Waals surface area contributed by atoms with Crippen LogP contribution in [0.5, 0.6) is 0 Å². The molecular formula is C18H31N5O. The van der Waals surface area contributed by atoms with Crippen molar-refractivity contribution in [2.75, 3.05) is 26.2 Å². The lowest BCUT2D eigenvalue weighted by Crippen LogP contribution is -2.52. The van der Waals surface area contributed by atoms with Gasteiger partial charge < -0.3 is 15.7 Å². The summed E-state index contributed by atoms with van der Waals surface area (Å²) < 4.78 is 0. The number of likely N-dealkylation sites (tertiary alicyclic amines) is 1. The van der Waals surface area contributed by atoms with E-state index in [1.165, 1.54) is 5.82 Å². The summed E-state index contributed by atoms with van der Waals surface area (Å²) in [5, 5.41) is 20.7. The molecule has 0 spiro atoms.